The summed E-state index contributed by atoms with van der Waals surface area (Å²) < 4.78 is 13.6. The number of benzene rings is 2. The van der Waals surface area contributed by atoms with Crippen LogP contribution < -0.4 is 10.6 Å². The first-order valence-corrected chi connectivity index (χ1v) is 7.60. The SMILES string of the molecule is CC1Sc2ccc(C(=O)Nc3ccccc3F)cc2NC1=O. The van der Waals surface area contributed by atoms with Crippen LogP contribution in [-0.2, 0) is 4.79 Å². The highest BCUT2D eigenvalue weighted by atomic mass is 32.2. The highest BCUT2D eigenvalue weighted by Gasteiger charge is 2.23. The van der Waals surface area contributed by atoms with Gasteiger partial charge in [-0.15, -0.1) is 11.8 Å². The van der Waals surface area contributed by atoms with Gasteiger partial charge in [-0.2, -0.15) is 0 Å². The van der Waals surface area contributed by atoms with Crippen molar-refractivity contribution in [3.63, 3.8) is 0 Å². The Hall–Kier alpha value is -2.34. The Kier molecular flexibility index (Phi) is 3.85. The van der Waals surface area contributed by atoms with E-state index in [2.05, 4.69) is 10.6 Å². The van der Waals surface area contributed by atoms with Crippen molar-refractivity contribution >= 4 is 35.0 Å². The zero-order valence-corrected chi connectivity index (χ0v) is 12.5. The molecule has 2 N–H and O–H groups in total. The molecule has 0 bridgehead atoms. The number of hydrogen-bond donors (Lipinski definition) is 2. The van der Waals surface area contributed by atoms with Crippen molar-refractivity contribution < 1.29 is 14.0 Å². The lowest BCUT2D eigenvalue weighted by molar-refractivity contribution is -0.115. The van der Waals surface area contributed by atoms with Gasteiger partial charge in [0.05, 0.1) is 16.6 Å². The second-order valence-corrected chi connectivity index (χ2v) is 6.28. The lowest BCUT2D eigenvalue weighted by Crippen LogP contribution is -2.26. The van der Waals surface area contributed by atoms with E-state index in [1.54, 1.807) is 30.3 Å². The molecule has 0 spiro atoms. The highest BCUT2D eigenvalue weighted by molar-refractivity contribution is 8.00. The largest absolute Gasteiger partial charge is 0.324 e. The normalized spacial score (nSPS) is 16.6. The zero-order chi connectivity index (χ0) is 15.7. The van der Waals surface area contributed by atoms with Crippen LogP contribution in [-0.4, -0.2) is 17.1 Å². The highest BCUT2D eigenvalue weighted by Crippen LogP contribution is 2.36. The first-order valence-electron chi connectivity index (χ1n) is 6.72. The lowest BCUT2D eigenvalue weighted by atomic mass is 10.1. The molecule has 112 valence electrons. The molecule has 2 aromatic rings. The number of para-hydroxylation sites is 1. The fourth-order valence-electron chi connectivity index (χ4n) is 2.11. The number of fused-ring (bicyclic) bond motifs is 1. The Morgan fingerprint density at radius 2 is 2.05 bits per heavy atom. The van der Waals surface area contributed by atoms with Crippen molar-refractivity contribution in [2.75, 3.05) is 10.6 Å². The number of halogens is 1. The fraction of sp³-hybridized carbons (Fsp3) is 0.125. The maximum absolute atomic E-state index is 13.6. The Bertz CT molecular complexity index is 764. The standard InChI is InChI=1S/C16H13FN2O2S/c1-9-15(20)19-13-8-10(6-7-14(13)22-9)16(21)18-12-5-3-2-4-11(12)17/h2-9H,1H3,(H,18,21)(H,19,20). The summed E-state index contributed by atoms with van der Waals surface area (Å²) in [6.45, 7) is 1.82. The van der Waals surface area contributed by atoms with Gasteiger partial charge >= 0.3 is 0 Å². The predicted molar refractivity (Wildman–Crippen MR) is 84.7 cm³/mol. The minimum Gasteiger partial charge on any atom is -0.324 e. The smallest absolute Gasteiger partial charge is 0.255 e. The summed E-state index contributed by atoms with van der Waals surface area (Å²) in [7, 11) is 0. The van der Waals surface area contributed by atoms with Crippen LogP contribution in [0.1, 0.15) is 17.3 Å². The molecule has 1 atom stereocenters. The van der Waals surface area contributed by atoms with E-state index in [4.69, 9.17) is 0 Å². The summed E-state index contributed by atoms with van der Waals surface area (Å²) in [6.07, 6.45) is 0. The molecule has 22 heavy (non-hydrogen) atoms. The first-order chi connectivity index (χ1) is 10.5. The molecule has 1 unspecified atom stereocenters. The monoisotopic (exact) mass is 316 g/mol. The van der Waals surface area contributed by atoms with E-state index in [0.717, 1.165) is 4.90 Å². The molecule has 2 aromatic carbocycles. The minimum atomic E-state index is -0.494. The van der Waals surface area contributed by atoms with Crippen molar-refractivity contribution in [2.45, 2.75) is 17.1 Å². The van der Waals surface area contributed by atoms with Gasteiger partial charge in [-0.1, -0.05) is 12.1 Å². The number of anilines is 2. The van der Waals surface area contributed by atoms with Gasteiger partial charge < -0.3 is 10.6 Å². The van der Waals surface area contributed by atoms with Gasteiger partial charge in [-0.3, -0.25) is 9.59 Å². The Morgan fingerprint density at radius 3 is 2.82 bits per heavy atom. The molecule has 3 rings (SSSR count). The summed E-state index contributed by atoms with van der Waals surface area (Å²) >= 11 is 1.44. The number of hydrogen-bond acceptors (Lipinski definition) is 3. The van der Waals surface area contributed by atoms with Gasteiger partial charge in [0, 0.05) is 10.5 Å². The molecular weight excluding hydrogens is 303 g/mol. The van der Waals surface area contributed by atoms with Crippen LogP contribution in [0.4, 0.5) is 15.8 Å². The van der Waals surface area contributed by atoms with E-state index in [9.17, 15) is 14.0 Å². The zero-order valence-electron chi connectivity index (χ0n) is 11.7. The topological polar surface area (TPSA) is 58.2 Å². The molecule has 1 heterocycles. The van der Waals surface area contributed by atoms with E-state index < -0.39 is 11.7 Å². The Labute approximate surface area is 131 Å². The third-order valence-corrected chi connectivity index (χ3v) is 4.47. The number of amides is 2. The third-order valence-electron chi connectivity index (χ3n) is 3.29. The molecule has 2 amide bonds. The number of carbonyl (C=O) groups is 2. The van der Waals surface area contributed by atoms with Crippen molar-refractivity contribution in [1.29, 1.82) is 0 Å². The van der Waals surface area contributed by atoms with E-state index in [-0.39, 0.29) is 16.8 Å². The van der Waals surface area contributed by atoms with Crippen LogP contribution in [0.25, 0.3) is 0 Å². The number of carbonyl (C=O) groups excluding carboxylic acids is 2. The van der Waals surface area contributed by atoms with E-state index in [0.29, 0.717) is 11.3 Å². The maximum atomic E-state index is 13.6. The Balaban J connectivity index is 1.84. The summed E-state index contributed by atoms with van der Waals surface area (Å²) in [5.41, 5.74) is 1.09. The van der Waals surface area contributed by atoms with E-state index in [1.807, 2.05) is 6.92 Å². The molecule has 6 heteroatoms. The fourth-order valence-corrected chi connectivity index (χ4v) is 3.04. The van der Waals surface area contributed by atoms with Crippen molar-refractivity contribution in [3.8, 4) is 0 Å². The minimum absolute atomic E-state index is 0.0934. The molecular formula is C16H13FN2O2S. The number of rotatable bonds is 2. The summed E-state index contributed by atoms with van der Waals surface area (Å²) in [5, 5.41) is 5.12. The summed E-state index contributed by atoms with van der Waals surface area (Å²) in [4.78, 5) is 24.8. The maximum Gasteiger partial charge on any atom is 0.255 e. The van der Waals surface area contributed by atoms with Crippen LogP contribution in [0.5, 0.6) is 0 Å². The second-order valence-electron chi connectivity index (χ2n) is 4.89. The predicted octanol–water partition coefficient (Wildman–Crippen LogP) is 3.51. The average Bonchev–Trinajstić information content (AvgIpc) is 2.50. The molecule has 4 nitrogen and oxygen atoms in total. The van der Waals surface area contributed by atoms with Gasteiger partial charge in [-0.05, 0) is 37.3 Å². The third kappa shape index (κ3) is 2.82. The van der Waals surface area contributed by atoms with Crippen molar-refractivity contribution in [1.82, 2.24) is 0 Å². The molecule has 0 aromatic heterocycles. The van der Waals surface area contributed by atoms with Gasteiger partial charge in [0.2, 0.25) is 5.91 Å². The van der Waals surface area contributed by atoms with Crippen molar-refractivity contribution in [3.05, 3.63) is 53.8 Å². The van der Waals surface area contributed by atoms with Gasteiger partial charge in [0.25, 0.3) is 5.91 Å². The lowest BCUT2D eigenvalue weighted by Gasteiger charge is -2.21. The van der Waals surface area contributed by atoms with Crippen LogP contribution >= 0.6 is 11.8 Å². The quantitative estimate of drug-likeness (QED) is 0.891. The van der Waals surface area contributed by atoms with Crippen LogP contribution in [0, 0.1) is 5.82 Å². The molecule has 0 saturated heterocycles. The summed E-state index contributed by atoms with van der Waals surface area (Å²) in [5.74, 6) is -1.01. The molecule has 0 aliphatic carbocycles. The molecule has 1 aliphatic rings. The van der Waals surface area contributed by atoms with Gasteiger partial charge in [0.1, 0.15) is 5.82 Å². The number of nitrogens with one attached hydrogen (secondary N) is 2. The van der Waals surface area contributed by atoms with Crippen LogP contribution in [0.3, 0.4) is 0 Å². The van der Waals surface area contributed by atoms with E-state index >= 15 is 0 Å². The van der Waals surface area contributed by atoms with Gasteiger partial charge in [0.15, 0.2) is 0 Å². The van der Waals surface area contributed by atoms with Crippen molar-refractivity contribution in [2.24, 2.45) is 0 Å². The van der Waals surface area contributed by atoms with Crippen LogP contribution in [0.15, 0.2) is 47.4 Å². The molecule has 1 aliphatic heterocycles. The molecule has 0 radical (unpaired) electrons. The molecule has 0 fully saturated rings. The van der Waals surface area contributed by atoms with Gasteiger partial charge in [-0.25, -0.2) is 4.39 Å². The average molecular weight is 316 g/mol. The van der Waals surface area contributed by atoms with E-state index in [1.165, 1.54) is 23.9 Å². The number of thioether (sulfide) groups is 1. The summed E-state index contributed by atoms with van der Waals surface area (Å²) in [6, 6.07) is 11.0. The Morgan fingerprint density at radius 1 is 1.27 bits per heavy atom. The first kappa shape index (κ1) is 14.6. The second kappa shape index (κ2) is 5.81. The van der Waals surface area contributed by atoms with Crippen LogP contribution in [0.2, 0.25) is 0 Å². The molecule has 0 saturated carbocycles.